The second-order valence-electron chi connectivity index (χ2n) is 3.85. The standard InChI is InChI=1S/C9H15N3O2S.ClH/c1-11(7-4-10-5-7)8(13)6-12-2-3-15-9(12)14;/h7,10H,2-6H2,1H3;1H. The maximum atomic E-state index is 11.8. The molecule has 7 heteroatoms. The van der Waals surface area contributed by atoms with Gasteiger partial charge in [0, 0.05) is 32.4 Å². The van der Waals surface area contributed by atoms with Crippen molar-refractivity contribution in [1.29, 1.82) is 0 Å². The van der Waals surface area contributed by atoms with Gasteiger partial charge in [0.1, 0.15) is 6.54 Å². The fourth-order valence-electron chi connectivity index (χ4n) is 1.60. The number of carbonyl (C=O) groups excluding carboxylic acids is 2. The van der Waals surface area contributed by atoms with Gasteiger partial charge in [-0.15, -0.1) is 12.4 Å². The molecule has 2 fully saturated rings. The molecule has 0 unspecified atom stereocenters. The van der Waals surface area contributed by atoms with Gasteiger partial charge in [-0.25, -0.2) is 0 Å². The second-order valence-corrected chi connectivity index (χ2v) is 4.90. The highest BCUT2D eigenvalue weighted by atomic mass is 35.5. The molecular weight excluding hydrogens is 250 g/mol. The molecule has 1 N–H and O–H groups in total. The summed E-state index contributed by atoms with van der Waals surface area (Å²) in [6, 6.07) is 0.308. The van der Waals surface area contributed by atoms with E-state index in [2.05, 4.69) is 5.32 Å². The number of amides is 2. The van der Waals surface area contributed by atoms with E-state index in [0.29, 0.717) is 12.6 Å². The zero-order valence-electron chi connectivity index (χ0n) is 9.14. The van der Waals surface area contributed by atoms with E-state index < -0.39 is 0 Å². The first-order chi connectivity index (χ1) is 7.18. The summed E-state index contributed by atoms with van der Waals surface area (Å²) < 4.78 is 0. The fraction of sp³-hybridized carbons (Fsp3) is 0.778. The molecule has 5 nitrogen and oxygen atoms in total. The first-order valence-electron chi connectivity index (χ1n) is 5.06. The fourth-order valence-corrected chi connectivity index (χ4v) is 2.42. The third kappa shape index (κ3) is 2.81. The van der Waals surface area contributed by atoms with Crippen LogP contribution in [0.15, 0.2) is 0 Å². The van der Waals surface area contributed by atoms with Gasteiger partial charge in [-0.2, -0.15) is 0 Å². The van der Waals surface area contributed by atoms with Gasteiger partial charge in [0.05, 0.1) is 6.04 Å². The molecule has 0 radical (unpaired) electrons. The predicted octanol–water partition coefficient (Wildman–Crippen LogP) is 0.00720. The van der Waals surface area contributed by atoms with E-state index in [1.165, 1.54) is 11.8 Å². The van der Waals surface area contributed by atoms with E-state index in [1.54, 1.807) is 9.80 Å². The normalized spacial score (nSPS) is 20.3. The Bertz CT molecular complexity index is 286. The number of rotatable bonds is 3. The van der Waals surface area contributed by atoms with E-state index in [9.17, 15) is 9.59 Å². The molecule has 2 aliphatic heterocycles. The van der Waals surface area contributed by atoms with E-state index in [1.807, 2.05) is 7.05 Å². The number of carbonyl (C=O) groups is 2. The first-order valence-corrected chi connectivity index (χ1v) is 6.05. The molecule has 16 heavy (non-hydrogen) atoms. The summed E-state index contributed by atoms with van der Waals surface area (Å²) in [5.74, 6) is 0.846. The summed E-state index contributed by atoms with van der Waals surface area (Å²) in [7, 11) is 1.81. The van der Waals surface area contributed by atoms with Crippen LogP contribution < -0.4 is 5.32 Å². The van der Waals surface area contributed by atoms with Crippen molar-refractivity contribution in [2.45, 2.75) is 6.04 Å². The Morgan fingerprint density at radius 2 is 2.31 bits per heavy atom. The summed E-state index contributed by atoms with van der Waals surface area (Å²) in [4.78, 5) is 26.4. The Morgan fingerprint density at radius 3 is 2.75 bits per heavy atom. The highest BCUT2D eigenvalue weighted by Crippen LogP contribution is 2.17. The Labute approximate surface area is 105 Å². The van der Waals surface area contributed by atoms with Crippen LogP contribution in [-0.4, -0.2) is 66.0 Å². The summed E-state index contributed by atoms with van der Waals surface area (Å²) >= 11 is 1.29. The molecule has 2 aliphatic rings. The SMILES string of the molecule is CN(C(=O)CN1CCSC1=O)C1CNC1.Cl. The van der Waals surface area contributed by atoms with Gasteiger partial charge in [-0.05, 0) is 0 Å². The molecule has 0 saturated carbocycles. The average molecular weight is 266 g/mol. The summed E-state index contributed by atoms with van der Waals surface area (Å²) in [5, 5.41) is 3.15. The van der Waals surface area contributed by atoms with Gasteiger partial charge in [0.2, 0.25) is 5.91 Å². The average Bonchev–Trinajstić information content (AvgIpc) is 2.49. The molecule has 92 valence electrons. The van der Waals surface area contributed by atoms with Crippen LogP contribution in [0.25, 0.3) is 0 Å². The quantitative estimate of drug-likeness (QED) is 0.781. The zero-order valence-corrected chi connectivity index (χ0v) is 10.8. The van der Waals surface area contributed by atoms with Gasteiger partial charge >= 0.3 is 0 Å². The summed E-state index contributed by atoms with van der Waals surface area (Å²) in [6.45, 7) is 2.67. The lowest BCUT2D eigenvalue weighted by Crippen LogP contribution is -2.58. The van der Waals surface area contributed by atoms with Crippen LogP contribution in [0.4, 0.5) is 4.79 Å². The maximum Gasteiger partial charge on any atom is 0.282 e. The van der Waals surface area contributed by atoms with E-state index >= 15 is 0 Å². The Morgan fingerprint density at radius 1 is 1.62 bits per heavy atom. The zero-order chi connectivity index (χ0) is 10.8. The molecule has 0 bridgehead atoms. The van der Waals surface area contributed by atoms with Crippen molar-refractivity contribution < 1.29 is 9.59 Å². The van der Waals surface area contributed by atoms with Gasteiger partial charge in [0.15, 0.2) is 0 Å². The third-order valence-electron chi connectivity index (χ3n) is 2.87. The summed E-state index contributed by atoms with van der Waals surface area (Å²) in [6.07, 6.45) is 0. The second kappa shape index (κ2) is 5.75. The van der Waals surface area contributed by atoms with Crippen LogP contribution >= 0.6 is 24.2 Å². The largest absolute Gasteiger partial charge is 0.339 e. The van der Waals surface area contributed by atoms with Gasteiger partial charge in [-0.1, -0.05) is 11.8 Å². The van der Waals surface area contributed by atoms with Crippen molar-refractivity contribution in [3.8, 4) is 0 Å². The minimum atomic E-state index is 0. The van der Waals surface area contributed by atoms with E-state index in [4.69, 9.17) is 0 Å². The number of thioether (sulfide) groups is 1. The predicted molar refractivity (Wildman–Crippen MR) is 66.1 cm³/mol. The van der Waals surface area contributed by atoms with Crippen molar-refractivity contribution in [3.63, 3.8) is 0 Å². The maximum absolute atomic E-state index is 11.8. The molecule has 0 aromatic carbocycles. The van der Waals surface area contributed by atoms with Crippen LogP contribution in [0.2, 0.25) is 0 Å². The highest BCUT2D eigenvalue weighted by molar-refractivity contribution is 8.13. The molecule has 0 aromatic rings. The number of nitrogens with zero attached hydrogens (tertiary/aromatic N) is 2. The minimum absolute atomic E-state index is 0. The van der Waals surface area contributed by atoms with Gasteiger partial charge in [-0.3, -0.25) is 9.59 Å². The molecular formula is C9H16ClN3O2S. The van der Waals surface area contributed by atoms with Crippen LogP contribution in [-0.2, 0) is 4.79 Å². The van der Waals surface area contributed by atoms with Crippen LogP contribution in [0.3, 0.4) is 0 Å². The smallest absolute Gasteiger partial charge is 0.282 e. The monoisotopic (exact) mass is 265 g/mol. The first kappa shape index (κ1) is 13.6. The lowest BCUT2D eigenvalue weighted by Gasteiger charge is -2.36. The molecule has 0 atom stereocenters. The number of likely N-dealkylation sites (N-methyl/N-ethyl adjacent to an activating group) is 1. The van der Waals surface area contributed by atoms with E-state index in [0.717, 1.165) is 18.8 Å². The Kier molecular flexibility index (Phi) is 4.89. The van der Waals surface area contributed by atoms with Crippen LogP contribution in [0, 0.1) is 0 Å². The molecule has 0 spiro atoms. The van der Waals surface area contributed by atoms with Crippen molar-refractivity contribution >= 4 is 35.3 Å². The van der Waals surface area contributed by atoms with Gasteiger partial charge < -0.3 is 15.1 Å². The molecule has 2 amide bonds. The lowest BCUT2D eigenvalue weighted by molar-refractivity contribution is -0.133. The molecule has 2 saturated heterocycles. The van der Waals surface area contributed by atoms with Crippen LogP contribution in [0.5, 0.6) is 0 Å². The molecule has 0 aromatic heterocycles. The Hall–Kier alpha value is -0.460. The molecule has 2 heterocycles. The third-order valence-corrected chi connectivity index (χ3v) is 3.76. The van der Waals surface area contributed by atoms with Crippen molar-refractivity contribution in [2.75, 3.05) is 39.0 Å². The van der Waals surface area contributed by atoms with Crippen molar-refractivity contribution in [2.24, 2.45) is 0 Å². The van der Waals surface area contributed by atoms with Crippen molar-refractivity contribution in [1.82, 2.24) is 15.1 Å². The highest BCUT2D eigenvalue weighted by Gasteiger charge is 2.29. The number of halogens is 1. The van der Waals surface area contributed by atoms with E-state index in [-0.39, 0.29) is 30.1 Å². The Balaban J connectivity index is 0.00000128. The lowest BCUT2D eigenvalue weighted by atomic mass is 10.1. The van der Waals surface area contributed by atoms with Crippen LogP contribution in [0.1, 0.15) is 0 Å². The van der Waals surface area contributed by atoms with Gasteiger partial charge in [0.25, 0.3) is 5.24 Å². The topological polar surface area (TPSA) is 52.7 Å². The summed E-state index contributed by atoms with van der Waals surface area (Å²) in [5.41, 5.74) is 0. The number of nitrogens with one attached hydrogen (secondary N) is 1. The molecule has 0 aliphatic carbocycles. The number of hydrogen-bond acceptors (Lipinski definition) is 4. The number of hydrogen-bond donors (Lipinski definition) is 1. The van der Waals surface area contributed by atoms with Crippen molar-refractivity contribution in [3.05, 3.63) is 0 Å². The molecule has 2 rings (SSSR count). The minimum Gasteiger partial charge on any atom is -0.339 e.